The fourth-order valence-electron chi connectivity index (χ4n) is 3.41. The van der Waals surface area contributed by atoms with Crippen LogP contribution in [0.4, 0.5) is 0 Å². The van der Waals surface area contributed by atoms with Gasteiger partial charge in [0.1, 0.15) is 12.4 Å². The molecule has 1 saturated heterocycles. The van der Waals surface area contributed by atoms with Crippen LogP contribution in [0.5, 0.6) is 5.75 Å². The second-order valence-corrected chi connectivity index (χ2v) is 6.57. The molecular weight excluding hydrogens is 310 g/mol. The van der Waals surface area contributed by atoms with Gasteiger partial charge in [0.15, 0.2) is 0 Å². The number of nitrogens with two attached hydrogens (primary N) is 1. The lowest BCUT2D eigenvalue weighted by Crippen LogP contribution is -2.48. The Bertz CT molecular complexity index is 621. The van der Waals surface area contributed by atoms with Crippen LogP contribution in [-0.4, -0.2) is 49.1 Å². The van der Waals surface area contributed by atoms with E-state index in [1.165, 1.54) is 11.1 Å². The molecule has 0 amide bonds. The summed E-state index contributed by atoms with van der Waals surface area (Å²) in [6, 6.07) is 19.0. The Hall–Kier alpha value is -1.88. The molecule has 1 aliphatic rings. The van der Waals surface area contributed by atoms with Crippen LogP contribution < -0.4 is 10.5 Å². The van der Waals surface area contributed by atoms with Gasteiger partial charge in [0.05, 0.1) is 0 Å². The number of likely N-dealkylation sites (N-methyl/N-ethyl adjacent to an activating group) is 1. The summed E-state index contributed by atoms with van der Waals surface area (Å²) in [5.41, 5.74) is 8.55. The molecule has 0 radical (unpaired) electrons. The minimum absolute atomic E-state index is 0.294. The Kier molecular flexibility index (Phi) is 6.45. The standard InChI is InChI=1S/C21H29N3O/c1-2-23-12-14-24(15-13-23)21(16-22)19-8-10-20(11-9-19)25-17-18-6-4-3-5-7-18/h3-11,21H,2,12-17,22H2,1H3. The topological polar surface area (TPSA) is 41.7 Å². The number of piperazine rings is 1. The van der Waals surface area contributed by atoms with E-state index in [1.807, 2.05) is 18.2 Å². The van der Waals surface area contributed by atoms with Gasteiger partial charge in [-0.3, -0.25) is 4.90 Å². The summed E-state index contributed by atoms with van der Waals surface area (Å²) in [6.45, 7) is 9.04. The summed E-state index contributed by atoms with van der Waals surface area (Å²) in [4.78, 5) is 5.00. The van der Waals surface area contributed by atoms with Gasteiger partial charge in [-0.25, -0.2) is 0 Å². The second-order valence-electron chi connectivity index (χ2n) is 6.57. The van der Waals surface area contributed by atoms with E-state index in [0.717, 1.165) is 38.5 Å². The van der Waals surface area contributed by atoms with Crippen LogP contribution in [0.25, 0.3) is 0 Å². The van der Waals surface area contributed by atoms with Crippen LogP contribution in [0.1, 0.15) is 24.1 Å². The van der Waals surface area contributed by atoms with Crippen LogP contribution in [0.3, 0.4) is 0 Å². The van der Waals surface area contributed by atoms with Crippen molar-refractivity contribution >= 4 is 0 Å². The first kappa shape index (κ1) is 17.9. The molecule has 1 unspecified atom stereocenters. The van der Waals surface area contributed by atoms with Crippen molar-refractivity contribution in [3.05, 3.63) is 65.7 Å². The lowest BCUT2D eigenvalue weighted by atomic mass is 10.0. The molecule has 1 fully saturated rings. The van der Waals surface area contributed by atoms with Gasteiger partial charge in [0.2, 0.25) is 0 Å². The molecule has 1 aliphatic heterocycles. The fourth-order valence-corrected chi connectivity index (χ4v) is 3.41. The zero-order chi connectivity index (χ0) is 17.5. The largest absolute Gasteiger partial charge is 0.489 e. The predicted molar refractivity (Wildman–Crippen MR) is 103 cm³/mol. The van der Waals surface area contributed by atoms with Gasteiger partial charge in [-0.1, -0.05) is 49.4 Å². The molecule has 0 aromatic heterocycles. The van der Waals surface area contributed by atoms with Crippen LogP contribution in [0.2, 0.25) is 0 Å². The number of ether oxygens (including phenoxy) is 1. The zero-order valence-corrected chi connectivity index (χ0v) is 15.1. The van der Waals surface area contributed by atoms with Gasteiger partial charge in [-0.05, 0) is 29.8 Å². The van der Waals surface area contributed by atoms with E-state index in [1.54, 1.807) is 0 Å². The summed E-state index contributed by atoms with van der Waals surface area (Å²) in [5.74, 6) is 0.902. The Morgan fingerprint density at radius 2 is 1.64 bits per heavy atom. The zero-order valence-electron chi connectivity index (χ0n) is 15.1. The van der Waals surface area contributed by atoms with Gasteiger partial charge >= 0.3 is 0 Å². The first-order valence-corrected chi connectivity index (χ1v) is 9.23. The van der Waals surface area contributed by atoms with E-state index < -0.39 is 0 Å². The van der Waals surface area contributed by atoms with Crippen molar-refractivity contribution in [1.82, 2.24) is 9.80 Å². The third-order valence-corrected chi connectivity index (χ3v) is 5.03. The maximum atomic E-state index is 6.09. The Morgan fingerprint density at radius 3 is 2.24 bits per heavy atom. The van der Waals surface area contributed by atoms with Crippen LogP contribution in [-0.2, 0) is 6.61 Å². The molecule has 4 nitrogen and oxygen atoms in total. The van der Waals surface area contributed by atoms with Crippen molar-refractivity contribution in [1.29, 1.82) is 0 Å². The maximum Gasteiger partial charge on any atom is 0.119 e. The molecule has 2 aromatic rings. The Labute approximate surface area is 151 Å². The molecule has 1 atom stereocenters. The summed E-state index contributed by atoms with van der Waals surface area (Å²) >= 11 is 0. The minimum Gasteiger partial charge on any atom is -0.489 e. The molecule has 0 bridgehead atoms. The molecular formula is C21H29N3O. The number of benzene rings is 2. The predicted octanol–water partition coefficient (Wildman–Crippen LogP) is 2.90. The molecule has 2 N–H and O–H groups in total. The van der Waals surface area contributed by atoms with Crippen molar-refractivity contribution < 1.29 is 4.74 Å². The van der Waals surface area contributed by atoms with E-state index in [-0.39, 0.29) is 0 Å². The SMILES string of the molecule is CCN1CCN(C(CN)c2ccc(OCc3ccccc3)cc2)CC1. The van der Waals surface area contributed by atoms with Crippen molar-refractivity contribution in [3.63, 3.8) is 0 Å². The molecule has 1 heterocycles. The third kappa shape index (κ3) is 4.82. The van der Waals surface area contributed by atoms with Crippen LogP contribution in [0.15, 0.2) is 54.6 Å². The van der Waals surface area contributed by atoms with Gasteiger partial charge in [0, 0.05) is 38.8 Å². The number of rotatable bonds is 7. The maximum absolute atomic E-state index is 6.09. The molecule has 4 heteroatoms. The van der Waals surface area contributed by atoms with E-state index in [4.69, 9.17) is 10.5 Å². The van der Waals surface area contributed by atoms with E-state index in [0.29, 0.717) is 19.2 Å². The monoisotopic (exact) mass is 339 g/mol. The van der Waals surface area contributed by atoms with Gasteiger partial charge < -0.3 is 15.4 Å². The molecule has 2 aromatic carbocycles. The van der Waals surface area contributed by atoms with Crippen molar-refractivity contribution in [2.45, 2.75) is 19.6 Å². The average molecular weight is 339 g/mol. The third-order valence-electron chi connectivity index (χ3n) is 5.03. The molecule has 3 rings (SSSR count). The molecule has 25 heavy (non-hydrogen) atoms. The molecule has 0 spiro atoms. The fraction of sp³-hybridized carbons (Fsp3) is 0.429. The van der Waals surface area contributed by atoms with E-state index in [9.17, 15) is 0 Å². The number of hydrogen-bond acceptors (Lipinski definition) is 4. The summed E-state index contributed by atoms with van der Waals surface area (Å²) in [7, 11) is 0. The number of nitrogens with zero attached hydrogens (tertiary/aromatic N) is 2. The second kappa shape index (κ2) is 8.99. The Balaban J connectivity index is 1.58. The molecule has 0 aliphatic carbocycles. The lowest BCUT2D eigenvalue weighted by Gasteiger charge is -2.38. The minimum atomic E-state index is 0.294. The van der Waals surface area contributed by atoms with Crippen LogP contribution >= 0.6 is 0 Å². The van der Waals surface area contributed by atoms with Crippen molar-refractivity contribution in [2.75, 3.05) is 39.3 Å². The highest BCUT2D eigenvalue weighted by Crippen LogP contribution is 2.24. The molecule has 0 saturated carbocycles. The highest BCUT2D eigenvalue weighted by atomic mass is 16.5. The smallest absolute Gasteiger partial charge is 0.119 e. The van der Waals surface area contributed by atoms with Gasteiger partial charge in [-0.2, -0.15) is 0 Å². The van der Waals surface area contributed by atoms with Crippen LogP contribution in [0, 0.1) is 0 Å². The lowest BCUT2D eigenvalue weighted by molar-refractivity contribution is 0.102. The first-order chi connectivity index (χ1) is 12.3. The normalized spacial score (nSPS) is 17.4. The highest BCUT2D eigenvalue weighted by molar-refractivity contribution is 5.30. The summed E-state index contributed by atoms with van der Waals surface area (Å²) in [5, 5.41) is 0. The Morgan fingerprint density at radius 1 is 0.960 bits per heavy atom. The van der Waals surface area contributed by atoms with Gasteiger partial charge in [-0.15, -0.1) is 0 Å². The van der Waals surface area contributed by atoms with Crippen molar-refractivity contribution in [3.8, 4) is 5.75 Å². The molecule has 134 valence electrons. The van der Waals surface area contributed by atoms with Crippen molar-refractivity contribution in [2.24, 2.45) is 5.73 Å². The first-order valence-electron chi connectivity index (χ1n) is 9.23. The number of hydrogen-bond donors (Lipinski definition) is 1. The average Bonchev–Trinajstić information content (AvgIpc) is 2.69. The summed E-state index contributed by atoms with van der Waals surface area (Å²) < 4.78 is 5.88. The van der Waals surface area contributed by atoms with E-state index >= 15 is 0 Å². The summed E-state index contributed by atoms with van der Waals surface area (Å²) in [6.07, 6.45) is 0. The highest BCUT2D eigenvalue weighted by Gasteiger charge is 2.23. The quantitative estimate of drug-likeness (QED) is 0.842. The van der Waals surface area contributed by atoms with E-state index in [2.05, 4.69) is 53.1 Å². The van der Waals surface area contributed by atoms with Gasteiger partial charge in [0.25, 0.3) is 0 Å².